The van der Waals surface area contributed by atoms with E-state index in [4.69, 9.17) is 0 Å². The maximum absolute atomic E-state index is 13.9. The second-order valence-corrected chi connectivity index (χ2v) is 12.4. The lowest BCUT2D eigenvalue weighted by atomic mass is 9.59. The lowest BCUT2D eigenvalue weighted by molar-refractivity contribution is -0.132. The molecule has 198 valence electrons. The average Bonchev–Trinajstić information content (AvgIpc) is 3.67. The van der Waals surface area contributed by atoms with Gasteiger partial charge in [-0.3, -0.25) is 4.79 Å². The standard InChI is InChI=1S/C23H32FNO.C5H13N.C3H6/c1-5-22(3)14-25(20-7-6-18(24)11-19(20)22)21(26)23(4)12-16-8-15(2)9-17(10-16)13-23;1-3-5-6-4-2;1-2-3-1/h6-7,11,15-17H,5,8-10,12-14H2,1-4H3;6H,3-5H2,1-2H3;1-3H2. The van der Waals surface area contributed by atoms with Crippen molar-refractivity contribution in [2.45, 2.75) is 111 Å². The Hall–Kier alpha value is -1.42. The minimum Gasteiger partial charge on any atom is -0.317 e. The van der Waals surface area contributed by atoms with E-state index >= 15 is 0 Å². The first-order valence-electron chi connectivity index (χ1n) is 14.5. The molecule has 3 aliphatic carbocycles. The number of carbonyl (C=O) groups is 1. The zero-order valence-corrected chi connectivity index (χ0v) is 23.4. The molecule has 3 atom stereocenters. The summed E-state index contributed by atoms with van der Waals surface area (Å²) in [5.74, 6) is 2.26. The van der Waals surface area contributed by atoms with E-state index in [9.17, 15) is 9.18 Å². The Bertz CT molecular complexity index is 813. The van der Waals surface area contributed by atoms with Crippen molar-refractivity contribution in [2.24, 2.45) is 23.2 Å². The summed E-state index contributed by atoms with van der Waals surface area (Å²) in [5, 5.41) is 3.20. The van der Waals surface area contributed by atoms with Crippen LogP contribution in [0.5, 0.6) is 0 Å². The average molecular weight is 487 g/mol. The van der Waals surface area contributed by atoms with Crippen LogP contribution in [0.3, 0.4) is 0 Å². The van der Waals surface area contributed by atoms with Crippen LogP contribution in [0.2, 0.25) is 0 Å². The fraction of sp³-hybridized carbons (Fsp3) is 0.774. The van der Waals surface area contributed by atoms with Crippen molar-refractivity contribution >= 4 is 11.6 Å². The zero-order valence-electron chi connectivity index (χ0n) is 23.4. The third-order valence-corrected chi connectivity index (χ3v) is 8.60. The second-order valence-electron chi connectivity index (χ2n) is 12.4. The van der Waals surface area contributed by atoms with Gasteiger partial charge in [0.2, 0.25) is 5.91 Å². The van der Waals surface area contributed by atoms with E-state index in [0.29, 0.717) is 18.4 Å². The smallest absolute Gasteiger partial charge is 0.232 e. The lowest BCUT2D eigenvalue weighted by Crippen LogP contribution is -2.48. The molecule has 4 aliphatic rings. The monoisotopic (exact) mass is 486 g/mol. The van der Waals surface area contributed by atoms with Gasteiger partial charge in [0, 0.05) is 23.1 Å². The van der Waals surface area contributed by atoms with Crippen LogP contribution in [0.25, 0.3) is 0 Å². The van der Waals surface area contributed by atoms with Crippen LogP contribution < -0.4 is 10.2 Å². The molecule has 5 rings (SSSR count). The van der Waals surface area contributed by atoms with E-state index < -0.39 is 0 Å². The summed E-state index contributed by atoms with van der Waals surface area (Å²) in [4.78, 5) is 15.7. The lowest BCUT2D eigenvalue weighted by Gasteiger charge is -2.47. The molecule has 0 aromatic heterocycles. The third kappa shape index (κ3) is 7.08. The van der Waals surface area contributed by atoms with Crippen LogP contribution >= 0.6 is 0 Å². The van der Waals surface area contributed by atoms with Crippen LogP contribution in [0, 0.1) is 29.0 Å². The number of nitrogens with zero attached hydrogens (tertiary/aromatic N) is 1. The second kappa shape index (κ2) is 12.2. The molecule has 3 nitrogen and oxygen atoms in total. The molecule has 1 N–H and O–H groups in total. The van der Waals surface area contributed by atoms with Crippen LogP contribution in [-0.2, 0) is 10.2 Å². The number of rotatable bonds is 5. The van der Waals surface area contributed by atoms with Crippen molar-refractivity contribution in [3.8, 4) is 0 Å². The minimum atomic E-state index is -0.266. The molecule has 1 heterocycles. The molecule has 1 aromatic rings. The number of amides is 1. The van der Waals surface area contributed by atoms with Gasteiger partial charge in [0.1, 0.15) is 5.82 Å². The molecule has 3 saturated carbocycles. The number of hydrogen-bond donors (Lipinski definition) is 1. The number of benzene rings is 1. The van der Waals surface area contributed by atoms with E-state index in [1.165, 1.54) is 51.0 Å². The largest absolute Gasteiger partial charge is 0.317 e. The normalized spacial score (nSPS) is 32.5. The fourth-order valence-corrected chi connectivity index (χ4v) is 6.67. The number of anilines is 1. The number of fused-ring (bicyclic) bond motifs is 3. The predicted molar refractivity (Wildman–Crippen MR) is 146 cm³/mol. The van der Waals surface area contributed by atoms with E-state index in [2.05, 4.69) is 46.9 Å². The van der Waals surface area contributed by atoms with Crippen molar-refractivity contribution in [1.82, 2.24) is 5.32 Å². The van der Waals surface area contributed by atoms with Crippen LogP contribution in [0.15, 0.2) is 18.2 Å². The first kappa shape index (κ1) is 28.2. The van der Waals surface area contributed by atoms with Gasteiger partial charge >= 0.3 is 0 Å². The van der Waals surface area contributed by atoms with Gasteiger partial charge in [-0.05, 0) is 99.6 Å². The Labute approximate surface area is 214 Å². The molecule has 3 unspecified atom stereocenters. The molecule has 4 heteroatoms. The molecule has 0 radical (unpaired) electrons. The van der Waals surface area contributed by atoms with Crippen molar-refractivity contribution in [3.63, 3.8) is 0 Å². The number of hydrogen-bond acceptors (Lipinski definition) is 2. The Morgan fingerprint density at radius 3 is 2.17 bits per heavy atom. The summed E-state index contributed by atoms with van der Waals surface area (Å²) >= 11 is 0. The summed E-state index contributed by atoms with van der Waals surface area (Å²) in [5.41, 5.74) is 1.52. The Morgan fingerprint density at radius 1 is 1.06 bits per heavy atom. The Morgan fingerprint density at radius 2 is 1.69 bits per heavy atom. The summed E-state index contributed by atoms with van der Waals surface area (Å²) in [6.45, 7) is 16.1. The fourth-order valence-electron chi connectivity index (χ4n) is 6.67. The van der Waals surface area contributed by atoms with Crippen molar-refractivity contribution in [2.75, 3.05) is 24.5 Å². The number of nitrogens with one attached hydrogen (secondary N) is 1. The molecule has 3 fully saturated rings. The Balaban J connectivity index is 0.000000323. The van der Waals surface area contributed by atoms with Gasteiger partial charge in [-0.1, -0.05) is 60.8 Å². The van der Waals surface area contributed by atoms with E-state index in [-0.39, 0.29) is 22.6 Å². The van der Waals surface area contributed by atoms with Gasteiger partial charge in [0.05, 0.1) is 0 Å². The van der Waals surface area contributed by atoms with Gasteiger partial charge in [0.25, 0.3) is 0 Å². The predicted octanol–water partition coefficient (Wildman–Crippen LogP) is 7.87. The first-order chi connectivity index (χ1) is 16.7. The maximum Gasteiger partial charge on any atom is 0.232 e. The molecule has 1 amide bonds. The highest BCUT2D eigenvalue weighted by molar-refractivity contribution is 6.00. The van der Waals surface area contributed by atoms with Crippen molar-refractivity contribution in [3.05, 3.63) is 29.6 Å². The third-order valence-electron chi connectivity index (χ3n) is 8.60. The highest BCUT2D eigenvalue weighted by Crippen LogP contribution is 2.53. The number of halogens is 1. The first-order valence-corrected chi connectivity index (χ1v) is 14.5. The number of carbonyl (C=O) groups excluding carboxylic acids is 1. The topological polar surface area (TPSA) is 32.3 Å². The summed E-state index contributed by atoms with van der Waals surface area (Å²) < 4.78 is 13.9. The van der Waals surface area contributed by atoms with Gasteiger partial charge in [-0.15, -0.1) is 0 Å². The molecular weight excluding hydrogens is 435 g/mol. The quantitative estimate of drug-likeness (QED) is 0.429. The minimum absolute atomic E-state index is 0.150. The molecule has 35 heavy (non-hydrogen) atoms. The van der Waals surface area contributed by atoms with E-state index in [0.717, 1.165) is 49.5 Å². The van der Waals surface area contributed by atoms with Crippen LogP contribution in [-0.4, -0.2) is 25.5 Å². The molecule has 0 spiro atoms. The van der Waals surface area contributed by atoms with Crippen molar-refractivity contribution < 1.29 is 9.18 Å². The highest BCUT2D eigenvalue weighted by atomic mass is 19.1. The van der Waals surface area contributed by atoms with Gasteiger partial charge in [-0.2, -0.15) is 0 Å². The SMILES string of the molecule is C1CC1.CCC1(C)CN(C(=O)C2(C)CC3CC(C)CC(C3)C2)c2ccc(F)cc21.CCCNCC. The summed E-state index contributed by atoms with van der Waals surface area (Å²) in [6.07, 6.45) is 12.5. The zero-order chi connectivity index (χ0) is 25.6. The summed E-state index contributed by atoms with van der Waals surface area (Å²) in [6, 6.07) is 4.96. The summed E-state index contributed by atoms with van der Waals surface area (Å²) in [7, 11) is 0. The molecule has 1 aromatic carbocycles. The molecule has 2 bridgehead atoms. The molecular formula is C31H51FN2O. The van der Waals surface area contributed by atoms with Gasteiger partial charge in [0.15, 0.2) is 0 Å². The Kier molecular flexibility index (Phi) is 9.82. The highest BCUT2D eigenvalue weighted by Gasteiger charge is 2.50. The maximum atomic E-state index is 13.9. The van der Waals surface area contributed by atoms with Crippen LogP contribution in [0.1, 0.15) is 111 Å². The molecule has 0 saturated heterocycles. The van der Waals surface area contributed by atoms with E-state index in [1.807, 2.05) is 11.0 Å². The van der Waals surface area contributed by atoms with Gasteiger partial charge < -0.3 is 10.2 Å². The van der Waals surface area contributed by atoms with E-state index in [1.54, 1.807) is 6.07 Å². The van der Waals surface area contributed by atoms with Crippen LogP contribution in [0.4, 0.5) is 10.1 Å². The van der Waals surface area contributed by atoms with Crippen molar-refractivity contribution in [1.29, 1.82) is 0 Å². The van der Waals surface area contributed by atoms with Gasteiger partial charge in [-0.25, -0.2) is 4.39 Å². The molecule has 1 aliphatic heterocycles.